The van der Waals surface area contributed by atoms with Crippen molar-refractivity contribution < 1.29 is 4.74 Å². The number of nitrogens with two attached hydrogens (primary N) is 2. The largest absolute Gasteiger partial charge is 0.493 e. The number of halogens is 1. The molecule has 1 aromatic heterocycles. The number of nitriles is 2. The van der Waals surface area contributed by atoms with Crippen LogP contribution in [0.25, 0.3) is 0 Å². The molecule has 0 saturated heterocycles. The number of fused-ring (bicyclic) bond motifs is 1. The van der Waals surface area contributed by atoms with Crippen molar-refractivity contribution in [2.24, 2.45) is 4.99 Å². The van der Waals surface area contributed by atoms with Crippen LogP contribution in [0.2, 0.25) is 0 Å². The number of aromatic nitrogens is 1. The summed E-state index contributed by atoms with van der Waals surface area (Å²) >= 11 is 6.12. The topological polar surface area (TPSA) is 158 Å². The molecule has 10 heteroatoms. The predicted octanol–water partition coefficient (Wildman–Crippen LogP) is 2.59. The molecular formula is C19H19ClN8O. The van der Waals surface area contributed by atoms with E-state index >= 15 is 0 Å². The number of pyridine rings is 1. The van der Waals surface area contributed by atoms with Crippen LogP contribution in [0.15, 0.2) is 23.2 Å². The fourth-order valence-corrected chi connectivity index (χ4v) is 3.26. The summed E-state index contributed by atoms with van der Waals surface area (Å²) in [4.78, 5) is 8.77. The lowest BCUT2D eigenvalue weighted by Crippen LogP contribution is -2.32. The molecule has 148 valence electrons. The van der Waals surface area contributed by atoms with E-state index in [2.05, 4.69) is 20.6 Å². The fraction of sp³-hybridized carbons (Fsp3) is 0.263. The molecule has 3 rings (SSSR count). The molecule has 1 unspecified atom stereocenters. The molecule has 2 heterocycles. The normalized spacial score (nSPS) is 14.6. The number of alkyl halides is 1. The van der Waals surface area contributed by atoms with Gasteiger partial charge in [-0.1, -0.05) is 13.0 Å². The minimum Gasteiger partial charge on any atom is -0.493 e. The van der Waals surface area contributed by atoms with Crippen molar-refractivity contribution in [3.05, 3.63) is 40.5 Å². The number of nitrogens with one attached hydrogen (secondary N) is 2. The average molecular weight is 411 g/mol. The van der Waals surface area contributed by atoms with Gasteiger partial charge in [0.05, 0.1) is 18.2 Å². The summed E-state index contributed by atoms with van der Waals surface area (Å²) in [6.45, 7) is 2.60. The molecular weight excluding hydrogens is 392 g/mol. The van der Waals surface area contributed by atoms with Gasteiger partial charge in [0.15, 0.2) is 6.19 Å². The third-order valence-corrected chi connectivity index (χ3v) is 4.65. The van der Waals surface area contributed by atoms with Crippen LogP contribution in [0.5, 0.6) is 5.75 Å². The summed E-state index contributed by atoms with van der Waals surface area (Å²) in [6, 6.07) is 6.89. The Kier molecular flexibility index (Phi) is 5.91. The molecule has 6 N–H and O–H groups in total. The number of nitrogens with zero attached hydrogens (tertiary/aromatic N) is 4. The minimum atomic E-state index is -0.621. The summed E-state index contributed by atoms with van der Waals surface area (Å²) < 4.78 is 5.74. The van der Waals surface area contributed by atoms with Crippen LogP contribution in [0.4, 0.5) is 17.3 Å². The Morgan fingerprint density at radius 1 is 1.34 bits per heavy atom. The highest BCUT2D eigenvalue weighted by atomic mass is 35.5. The van der Waals surface area contributed by atoms with Gasteiger partial charge in [0, 0.05) is 11.1 Å². The smallest absolute Gasteiger partial charge is 0.211 e. The molecule has 0 bridgehead atoms. The average Bonchev–Trinajstić information content (AvgIpc) is 2.72. The molecule has 29 heavy (non-hydrogen) atoms. The van der Waals surface area contributed by atoms with Crippen LogP contribution in [0, 0.1) is 22.8 Å². The summed E-state index contributed by atoms with van der Waals surface area (Å²) in [5.74, 6) is 1.46. The highest BCUT2D eigenvalue weighted by Gasteiger charge is 2.30. The van der Waals surface area contributed by atoms with Gasteiger partial charge >= 0.3 is 0 Å². The van der Waals surface area contributed by atoms with E-state index in [4.69, 9.17) is 33.1 Å². The quantitative estimate of drug-likeness (QED) is 0.332. The number of anilines is 3. The zero-order valence-corrected chi connectivity index (χ0v) is 16.4. The Bertz CT molecular complexity index is 1050. The zero-order valence-electron chi connectivity index (χ0n) is 15.7. The maximum absolute atomic E-state index is 9.40. The molecule has 0 aliphatic carbocycles. The number of hydrogen-bond donors (Lipinski definition) is 4. The Morgan fingerprint density at radius 2 is 2.14 bits per heavy atom. The second-order valence-electron chi connectivity index (χ2n) is 6.25. The van der Waals surface area contributed by atoms with Gasteiger partial charge in [-0.05, 0) is 24.1 Å². The molecule has 0 saturated carbocycles. The van der Waals surface area contributed by atoms with Gasteiger partial charge in [-0.25, -0.2) is 9.98 Å². The molecule has 0 radical (unpaired) electrons. The highest BCUT2D eigenvalue weighted by molar-refractivity contribution is 6.17. The third kappa shape index (κ3) is 3.82. The minimum absolute atomic E-state index is 0.00188. The van der Waals surface area contributed by atoms with Crippen molar-refractivity contribution in [2.75, 3.05) is 23.4 Å². The molecule has 1 atom stereocenters. The van der Waals surface area contributed by atoms with Gasteiger partial charge in [0.25, 0.3) is 0 Å². The Balaban J connectivity index is 2.16. The lowest BCUT2D eigenvalue weighted by Gasteiger charge is -2.26. The maximum Gasteiger partial charge on any atom is 0.211 e. The number of ether oxygens (including phenoxy) is 1. The van der Waals surface area contributed by atoms with Crippen LogP contribution < -0.4 is 26.8 Å². The second-order valence-corrected chi connectivity index (χ2v) is 6.52. The second kappa shape index (κ2) is 8.55. The lowest BCUT2D eigenvalue weighted by molar-refractivity contribution is 0.315. The van der Waals surface area contributed by atoms with Gasteiger partial charge < -0.3 is 21.5 Å². The van der Waals surface area contributed by atoms with E-state index in [1.165, 1.54) is 0 Å². The van der Waals surface area contributed by atoms with Crippen molar-refractivity contribution in [2.45, 2.75) is 25.3 Å². The summed E-state index contributed by atoms with van der Waals surface area (Å²) in [7, 11) is 0. The zero-order chi connectivity index (χ0) is 21.0. The van der Waals surface area contributed by atoms with Crippen LogP contribution in [0.3, 0.4) is 0 Å². The van der Waals surface area contributed by atoms with E-state index in [9.17, 15) is 5.26 Å². The van der Waals surface area contributed by atoms with Gasteiger partial charge in [-0.15, -0.1) is 11.6 Å². The van der Waals surface area contributed by atoms with Gasteiger partial charge in [-0.2, -0.15) is 10.5 Å². The van der Waals surface area contributed by atoms with E-state index in [0.717, 1.165) is 17.5 Å². The third-order valence-electron chi connectivity index (χ3n) is 4.36. The summed E-state index contributed by atoms with van der Waals surface area (Å²) in [5.41, 5.74) is 14.4. The van der Waals surface area contributed by atoms with E-state index in [1.807, 2.05) is 37.4 Å². The Morgan fingerprint density at radius 3 is 2.79 bits per heavy atom. The number of nitrogen functional groups attached to an aromatic ring is 2. The highest BCUT2D eigenvalue weighted by Crippen LogP contribution is 2.41. The monoisotopic (exact) mass is 410 g/mol. The number of aliphatic imine (C=N–C) groups is 1. The number of hydrogen-bond acceptors (Lipinski definition) is 9. The summed E-state index contributed by atoms with van der Waals surface area (Å²) in [5, 5.41) is 23.7. The SMILES string of the molecule is CCCOc1ccc(C2N=C(NC#N)Nc3nc(N)c(C#N)c(N)c32)cc1CCl. The van der Waals surface area contributed by atoms with Gasteiger partial charge in [0.2, 0.25) is 5.96 Å². The first-order valence-electron chi connectivity index (χ1n) is 8.84. The van der Waals surface area contributed by atoms with Crippen LogP contribution in [0.1, 0.15) is 41.6 Å². The number of guanidine groups is 1. The van der Waals surface area contributed by atoms with E-state index in [1.54, 1.807) is 0 Å². The Labute approximate surface area is 172 Å². The molecule has 1 aliphatic heterocycles. The fourth-order valence-electron chi connectivity index (χ4n) is 3.05. The first-order valence-corrected chi connectivity index (χ1v) is 9.37. The number of rotatable bonds is 5. The molecule has 0 fully saturated rings. The lowest BCUT2D eigenvalue weighted by atomic mass is 9.94. The van der Waals surface area contributed by atoms with Crippen LogP contribution in [-0.4, -0.2) is 17.6 Å². The van der Waals surface area contributed by atoms with Crippen molar-refractivity contribution in [3.63, 3.8) is 0 Å². The molecule has 9 nitrogen and oxygen atoms in total. The van der Waals surface area contributed by atoms with E-state index < -0.39 is 6.04 Å². The van der Waals surface area contributed by atoms with Gasteiger partial charge in [0.1, 0.15) is 35.1 Å². The molecule has 0 spiro atoms. The predicted molar refractivity (Wildman–Crippen MR) is 111 cm³/mol. The van der Waals surface area contributed by atoms with Crippen LogP contribution in [-0.2, 0) is 5.88 Å². The van der Waals surface area contributed by atoms with E-state index in [-0.39, 0.29) is 28.9 Å². The van der Waals surface area contributed by atoms with Crippen molar-refractivity contribution in [1.82, 2.24) is 10.3 Å². The van der Waals surface area contributed by atoms with Crippen molar-refractivity contribution in [3.8, 4) is 18.0 Å². The molecule has 1 aromatic carbocycles. The molecule has 2 aromatic rings. The van der Waals surface area contributed by atoms with Crippen LogP contribution >= 0.6 is 11.6 Å². The number of benzene rings is 1. The van der Waals surface area contributed by atoms with Gasteiger partial charge in [-0.3, -0.25) is 5.32 Å². The standard InChI is InChI=1S/C19H19ClN8O/c1-2-5-29-13-4-3-10(6-11(13)7-20)16-14-15(23)12(8-21)17(24)27-18(14)28-19(26-16)25-9-22/h3-4,6,16H,2,5,7H2,1H3,(H6,23,24,25,26,27,28). The van der Waals surface area contributed by atoms with E-state index in [0.29, 0.717) is 23.7 Å². The molecule has 1 aliphatic rings. The first kappa shape index (κ1) is 20.1. The first-order chi connectivity index (χ1) is 14.0. The molecule has 0 amide bonds. The van der Waals surface area contributed by atoms with Crippen molar-refractivity contribution in [1.29, 1.82) is 10.5 Å². The summed E-state index contributed by atoms with van der Waals surface area (Å²) in [6.07, 6.45) is 2.69. The van der Waals surface area contributed by atoms with Crippen molar-refractivity contribution >= 4 is 34.9 Å². The maximum atomic E-state index is 9.40. The Hall–Kier alpha value is -3.69.